The molecule has 1 heterocycles. The normalized spacial score (nSPS) is 15.9. The fourth-order valence-corrected chi connectivity index (χ4v) is 2.83. The third-order valence-electron chi connectivity index (χ3n) is 4.19. The Morgan fingerprint density at radius 2 is 1.71 bits per heavy atom. The molecule has 2 amide bonds. The molecule has 4 heteroatoms. The van der Waals surface area contributed by atoms with Crippen LogP contribution in [-0.2, 0) is 11.2 Å². The summed E-state index contributed by atoms with van der Waals surface area (Å²) in [4.78, 5) is 26.7. The quantitative estimate of drug-likeness (QED) is 0.855. The number of carbonyl (C=O) groups excluding carboxylic acids is 2. The lowest BCUT2D eigenvalue weighted by molar-refractivity contribution is -0.130. The molecule has 1 aromatic carbocycles. The molecule has 1 aliphatic rings. The van der Waals surface area contributed by atoms with Crippen LogP contribution in [0, 0.1) is 5.92 Å². The molecular formula is C17H24N2O2. The summed E-state index contributed by atoms with van der Waals surface area (Å²) in [5.74, 6) is 0.854. The Morgan fingerprint density at radius 1 is 1.14 bits per heavy atom. The second-order valence-corrected chi connectivity index (χ2v) is 6.05. The van der Waals surface area contributed by atoms with E-state index in [9.17, 15) is 9.59 Å². The van der Waals surface area contributed by atoms with Crippen LogP contribution in [0.1, 0.15) is 35.7 Å². The molecule has 0 aliphatic carbocycles. The van der Waals surface area contributed by atoms with Crippen LogP contribution in [0.4, 0.5) is 0 Å². The van der Waals surface area contributed by atoms with E-state index in [1.165, 1.54) is 5.56 Å². The molecule has 2 rings (SSSR count). The average molecular weight is 288 g/mol. The van der Waals surface area contributed by atoms with Crippen LogP contribution >= 0.6 is 0 Å². The van der Waals surface area contributed by atoms with Gasteiger partial charge in [0, 0.05) is 39.7 Å². The number of hydrogen-bond acceptors (Lipinski definition) is 2. The van der Waals surface area contributed by atoms with Crippen molar-refractivity contribution in [2.75, 3.05) is 27.2 Å². The lowest BCUT2D eigenvalue weighted by atomic mass is 9.90. The van der Waals surface area contributed by atoms with Crippen LogP contribution in [0.2, 0.25) is 0 Å². The van der Waals surface area contributed by atoms with Crippen LogP contribution in [0.15, 0.2) is 24.3 Å². The van der Waals surface area contributed by atoms with Crippen LogP contribution in [0.25, 0.3) is 0 Å². The summed E-state index contributed by atoms with van der Waals surface area (Å²) >= 11 is 0. The Morgan fingerprint density at radius 3 is 2.19 bits per heavy atom. The minimum Gasteiger partial charge on any atom is -0.345 e. The zero-order chi connectivity index (χ0) is 15.4. The highest BCUT2D eigenvalue weighted by Crippen LogP contribution is 2.22. The predicted octanol–water partition coefficient (Wildman–Crippen LogP) is 2.19. The van der Waals surface area contributed by atoms with Gasteiger partial charge in [-0.15, -0.1) is 0 Å². The van der Waals surface area contributed by atoms with Gasteiger partial charge in [-0.3, -0.25) is 9.59 Å². The third kappa shape index (κ3) is 4.06. The largest absolute Gasteiger partial charge is 0.345 e. The highest BCUT2D eigenvalue weighted by atomic mass is 16.2. The highest BCUT2D eigenvalue weighted by molar-refractivity contribution is 5.93. The third-order valence-corrected chi connectivity index (χ3v) is 4.19. The number of nitrogens with zero attached hydrogens (tertiary/aromatic N) is 2. The highest BCUT2D eigenvalue weighted by Gasteiger charge is 2.20. The smallest absolute Gasteiger partial charge is 0.253 e. The van der Waals surface area contributed by atoms with E-state index >= 15 is 0 Å². The van der Waals surface area contributed by atoms with Crippen molar-refractivity contribution >= 4 is 11.8 Å². The van der Waals surface area contributed by atoms with E-state index in [1.54, 1.807) is 25.9 Å². The van der Waals surface area contributed by atoms with Gasteiger partial charge in [0.2, 0.25) is 5.91 Å². The van der Waals surface area contributed by atoms with Gasteiger partial charge in [0.15, 0.2) is 0 Å². The number of piperidine rings is 1. The molecule has 0 radical (unpaired) electrons. The van der Waals surface area contributed by atoms with E-state index in [1.807, 2.05) is 29.2 Å². The molecule has 114 valence electrons. The molecule has 1 fully saturated rings. The van der Waals surface area contributed by atoms with Gasteiger partial charge >= 0.3 is 0 Å². The number of carbonyl (C=O) groups is 2. The zero-order valence-electron chi connectivity index (χ0n) is 13.1. The summed E-state index contributed by atoms with van der Waals surface area (Å²) in [7, 11) is 3.53. The van der Waals surface area contributed by atoms with E-state index in [0.29, 0.717) is 5.92 Å². The van der Waals surface area contributed by atoms with Crippen molar-refractivity contribution in [3.05, 3.63) is 35.4 Å². The maximum absolute atomic E-state index is 11.8. The van der Waals surface area contributed by atoms with Crippen LogP contribution in [0.5, 0.6) is 0 Å². The summed E-state index contributed by atoms with van der Waals surface area (Å²) in [6.45, 7) is 3.38. The summed E-state index contributed by atoms with van der Waals surface area (Å²) < 4.78 is 0. The maximum Gasteiger partial charge on any atom is 0.253 e. The van der Waals surface area contributed by atoms with Crippen LogP contribution in [-0.4, -0.2) is 48.8 Å². The van der Waals surface area contributed by atoms with Gasteiger partial charge in [0.05, 0.1) is 0 Å². The van der Waals surface area contributed by atoms with Crippen molar-refractivity contribution in [2.24, 2.45) is 5.92 Å². The van der Waals surface area contributed by atoms with Crippen molar-refractivity contribution in [3.63, 3.8) is 0 Å². The second kappa shape index (κ2) is 6.74. The SMILES string of the molecule is CC(=O)N1CCC(Cc2ccc(C(=O)N(C)C)cc2)CC1. The minimum absolute atomic E-state index is 0.0383. The number of benzene rings is 1. The number of hydrogen-bond donors (Lipinski definition) is 0. The average Bonchev–Trinajstić information content (AvgIpc) is 2.47. The van der Waals surface area contributed by atoms with Crippen LogP contribution in [0.3, 0.4) is 0 Å². The zero-order valence-corrected chi connectivity index (χ0v) is 13.1. The molecule has 1 aromatic rings. The molecule has 0 bridgehead atoms. The monoisotopic (exact) mass is 288 g/mol. The van der Waals surface area contributed by atoms with Crippen molar-refractivity contribution in [3.8, 4) is 0 Å². The second-order valence-electron chi connectivity index (χ2n) is 6.05. The van der Waals surface area contributed by atoms with Crippen molar-refractivity contribution in [2.45, 2.75) is 26.2 Å². The van der Waals surface area contributed by atoms with E-state index in [0.717, 1.165) is 37.9 Å². The lowest BCUT2D eigenvalue weighted by Gasteiger charge is -2.31. The summed E-state index contributed by atoms with van der Waals surface area (Å²) in [5, 5.41) is 0. The molecule has 1 saturated heterocycles. The first-order chi connectivity index (χ1) is 9.97. The molecule has 4 nitrogen and oxygen atoms in total. The van der Waals surface area contributed by atoms with Gasteiger partial charge in [-0.05, 0) is 42.9 Å². The number of likely N-dealkylation sites (tertiary alicyclic amines) is 1. The van der Waals surface area contributed by atoms with E-state index < -0.39 is 0 Å². The topological polar surface area (TPSA) is 40.6 Å². The van der Waals surface area contributed by atoms with Crippen molar-refractivity contribution in [1.29, 1.82) is 0 Å². The van der Waals surface area contributed by atoms with Crippen molar-refractivity contribution < 1.29 is 9.59 Å². The molecule has 0 saturated carbocycles. The first-order valence-electron chi connectivity index (χ1n) is 7.53. The van der Waals surface area contributed by atoms with Crippen LogP contribution < -0.4 is 0 Å². The maximum atomic E-state index is 11.8. The standard InChI is InChI=1S/C17H24N2O2/c1-13(20)19-10-8-15(9-11-19)12-14-4-6-16(7-5-14)17(21)18(2)3/h4-7,15H,8-12H2,1-3H3. The molecule has 21 heavy (non-hydrogen) atoms. The van der Waals surface area contributed by atoms with E-state index in [-0.39, 0.29) is 11.8 Å². The summed E-state index contributed by atoms with van der Waals surface area (Å²) in [5.41, 5.74) is 2.00. The van der Waals surface area contributed by atoms with Gasteiger partial charge in [0.1, 0.15) is 0 Å². The summed E-state index contributed by atoms with van der Waals surface area (Å²) in [6, 6.07) is 7.91. The number of rotatable bonds is 3. The molecule has 0 N–H and O–H groups in total. The van der Waals surface area contributed by atoms with Gasteiger partial charge < -0.3 is 9.80 Å². The molecule has 0 spiro atoms. The molecule has 0 atom stereocenters. The Bertz CT molecular complexity index is 500. The molecule has 1 aliphatic heterocycles. The lowest BCUT2D eigenvalue weighted by Crippen LogP contribution is -2.37. The Labute approximate surface area is 126 Å². The molecular weight excluding hydrogens is 264 g/mol. The van der Waals surface area contributed by atoms with Gasteiger partial charge in [-0.25, -0.2) is 0 Å². The van der Waals surface area contributed by atoms with Gasteiger partial charge in [-0.1, -0.05) is 12.1 Å². The van der Waals surface area contributed by atoms with Gasteiger partial charge in [0.25, 0.3) is 5.91 Å². The van der Waals surface area contributed by atoms with Gasteiger partial charge in [-0.2, -0.15) is 0 Å². The Kier molecular flexibility index (Phi) is 4.99. The molecule has 0 aromatic heterocycles. The summed E-state index contributed by atoms with van der Waals surface area (Å²) in [6.07, 6.45) is 3.16. The Hall–Kier alpha value is -1.84. The van der Waals surface area contributed by atoms with E-state index in [4.69, 9.17) is 0 Å². The minimum atomic E-state index is 0.0383. The van der Waals surface area contributed by atoms with E-state index in [2.05, 4.69) is 0 Å². The fourth-order valence-electron chi connectivity index (χ4n) is 2.83. The fraction of sp³-hybridized carbons (Fsp3) is 0.529. The molecule has 0 unspecified atom stereocenters. The van der Waals surface area contributed by atoms with Crippen molar-refractivity contribution in [1.82, 2.24) is 9.80 Å². The first-order valence-corrected chi connectivity index (χ1v) is 7.53. The first kappa shape index (κ1) is 15.5. The predicted molar refractivity (Wildman–Crippen MR) is 83.1 cm³/mol. The number of amides is 2. The Balaban J connectivity index is 1.90.